The highest BCUT2D eigenvalue weighted by molar-refractivity contribution is 5.67. The molecular formula is C11H18O2. The number of rotatable bonds is 4. The molecule has 0 aliphatic heterocycles. The predicted octanol–water partition coefficient (Wildman–Crippen LogP) is 2.99. The van der Waals surface area contributed by atoms with Crippen molar-refractivity contribution in [3.8, 4) is 0 Å². The smallest absolute Gasteiger partial charge is 0.303 e. The summed E-state index contributed by atoms with van der Waals surface area (Å²) in [6.07, 6.45) is 7.27. The van der Waals surface area contributed by atoms with Crippen LogP contribution >= 0.6 is 0 Å². The fourth-order valence-electron chi connectivity index (χ4n) is 1.98. The van der Waals surface area contributed by atoms with Crippen molar-refractivity contribution in [1.29, 1.82) is 0 Å². The zero-order valence-electron chi connectivity index (χ0n) is 8.09. The Morgan fingerprint density at radius 2 is 1.85 bits per heavy atom. The van der Waals surface area contributed by atoms with Crippen LogP contribution in [-0.4, -0.2) is 11.1 Å². The van der Waals surface area contributed by atoms with Gasteiger partial charge in [0.25, 0.3) is 0 Å². The Hall–Kier alpha value is -0.790. The molecule has 2 nitrogen and oxygen atoms in total. The van der Waals surface area contributed by atoms with Crippen LogP contribution in [0.15, 0.2) is 12.2 Å². The van der Waals surface area contributed by atoms with E-state index in [1.807, 2.05) is 0 Å². The van der Waals surface area contributed by atoms with Crippen LogP contribution in [-0.2, 0) is 4.79 Å². The summed E-state index contributed by atoms with van der Waals surface area (Å²) in [6, 6.07) is 0. The first kappa shape index (κ1) is 10.3. The van der Waals surface area contributed by atoms with Crippen LogP contribution in [0.3, 0.4) is 0 Å². The number of allylic oxidation sites excluding steroid dienone is 1. The average molecular weight is 182 g/mol. The summed E-state index contributed by atoms with van der Waals surface area (Å²) in [4.78, 5) is 10.3. The van der Waals surface area contributed by atoms with E-state index in [-0.39, 0.29) is 6.42 Å². The van der Waals surface area contributed by atoms with E-state index in [0.29, 0.717) is 12.3 Å². The number of carbonyl (C=O) groups is 1. The third-order valence-electron chi connectivity index (χ3n) is 2.84. The van der Waals surface area contributed by atoms with E-state index in [4.69, 9.17) is 5.11 Å². The van der Waals surface area contributed by atoms with Crippen LogP contribution in [0.2, 0.25) is 0 Å². The molecule has 0 radical (unpaired) electrons. The van der Waals surface area contributed by atoms with E-state index in [9.17, 15) is 4.79 Å². The van der Waals surface area contributed by atoms with Gasteiger partial charge in [0.1, 0.15) is 0 Å². The van der Waals surface area contributed by atoms with E-state index in [1.165, 1.54) is 32.1 Å². The Kier molecular flexibility index (Phi) is 4.00. The van der Waals surface area contributed by atoms with Crippen LogP contribution in [0, 0.1) is 5.92 Å². The van der Waals surface area contributed by atoms with Crippen molar-refractivity contribution in [3.05, 3.63) is 12.2 Å². The van der Waals surface area contributed by atoms with Gasteiger partial charge in [0, 0.05) is 6.42 Å². The van der Waals surface area contributed by atoms with Gasteiger partial charge >= 0.3 is 5.97 Å². The Labute approximate surface area is 79.6 Å². The van der Waals surface area contributed by atoms with Crippen molar-refractivity contribution in [2.24, 2.45) is 5.92 Å². The van der Waals surface area contributed by atoms with Crippen LogP contribution in [0.5, 0.6) is 0 Å². The second-order valence-electron chi connectivity index (χ2n) is 3.89. The van der Waals surface area contributed by atoms with Crippen LogP contribution in [0.1, 0.15) is 44.9 Å². The van der Waals surface area contributed by atoms with Crippen molar-refractivity contribution in [2.45, 2.75) is 44.9 Å². The first-order chi connectivity index (χ1) is 6.20. The maximum absolute atomic E-state index is 10.3. The third-order valence-corrected chi connectivity index (χ3v) is 2.84. The molecule has 0 heterocycles. The molecule has 0 aromatic heterocycles. The molecule has 0 bridgehead atoms. The molecule has 0 unspecified atom stereocenters. The lowest BCUT2D eigenvalue weighted by Gasteiger charge is -2.23. The summed E-state index contributed by atoms with van der Waals surface area (Å²) in [5.74, 6) is -0.106. The fourth-order valence-corrected chi connectivity index (χ4v) is 1.98. The molecule has 0 atom stereocenters. The summed E-state index contributed by atoms with van der Waals surface area (Å²) < 4.78 is 0. The lowest BCUT2D eigenvalue weighted by Crippen LogP contribution is -2.09. The van der Waals surface area contributed by atoms with Gasteiger partial charge in [0.15, 0.2) is 0 Å². The van der Waals surface area contributed by atoms with E-state index < -0.39 is 5.97 Å². The summed E-state index contributed by atoms with van der Waals surface area (Å²) in [6.45, 7) is 3.99. The first-order valence-electron chi connectivity index (χ1n) is 5.09. The molecule has 0 aromatic rings. The Bertz CT molecular complexity index is 190. The summed E-state index contributed by atoms with van der Waals surface area (Å²) in [5.41, 5.74) is 1.15. The van der Waals surface area contributed by atoms with E-state index in [2.05, 4.69) is 6.58 Å². The molecule has 1 aliphatic rings. The molecule has 0 saturated heterocycles. The molecule has 13 heavy (non-hydrogen) atoms. The number of carboxylic acids is 1. The van der Waals surface area contributed by atoms with Crippen LogP contribution < -0.4 is 0 Å². The minimum absolute atomic E-state index is 0.245. The summed E-state index contributed by atoms with van der Waals surface area (Å²) in [5, 5.41) is 8.52. The lowest BCUT2D eigenvalue weighted by atomic mass is 9.83. The van der Waals surface area contributed by atoms with Gasteiger partial charge < -0.3 is 5.11 Å². The largest absolute Gasteiger partial charge is 0.481 e. The van der Waals surface area contributed by atoms with Gasteiger partial charge in [-0.2, -0.15) is 0 Å². The number of hydrogen-bond donors (Lipinski definition) is 1. The molecule has 74 valence electrons. The fraction of sp³-hybridized carbons (Fsp3) is 0.727. The van der Waals surface area contributed by atoms with Crippen molar-refractivity contribution >= 4 is 5.97 Å². The number of carboxylic acid groups (broad SMARTS) is 1. The molecule has 0 aromatic carbocycles. The highest BCUT2D eigenvalue weighted by Gasteiger charge is 2.16. The average Bonchev–Trinajstić information content (AvgIpc) is 2.15. The van der Waals surface area contributed by atoms with Crippen molar-refractivity contribution < 1.29 is 9.90 Å². The van der Waals surface area contributed by atoms with Gasteiger partial charge in [-0.25, -0.2) is 0 Å². The number of aliphatic carboxylic acids is 1. The zero-order chi connectivity index (χ0) is 9.68. The minimum Gasteiger partial charge on any atom is -0.481 e. The molecule has 1 saturated carbocycles. The number of hydrogen-bond acceptors (Lipinski definition) is 1. The Balaban J connectivity index is 2.25. The van der Waals surface area contributed by atoms with Gasteiger partial charge in [-0.15, -0.1) is 0 Å². The van der Waals surface area contributed by atoms with E-state index >= 15 is 0 Å². The Morgan fingerprint density at radius 3 is 2.38 bits per heavy atom. The minimum atomic E-state index is -0.711. The van der Waals surface area contributed by atoms with Crippen molar-refractivity contribution in [2.75, 3.05) is 0 Å². The monoisotopic (exact) mass is 182 g/mol. The molecule has 1 aliphatic carbocycles. The topological polar surface area (TPSA) is 37.3 Å². The first-order valence-corrected chi connectivity index (χ1v) is 5.09. The van der Waals surface area contributed by atoms with Gasteiger partial charge in [-0.3, -0.25) is 4.79 Å². The highest BCUT2D eigenvalue weighted by atomic mass is 16.4. The molecular weight excluding hydrogens is 164 g/mol. The van der Waals surface area contributed by atoms with E-state index in [0.717, 1.165) is 5.57 Å². The second kappa shape index (κ2) is 5.05. The maximum atomic E-state index is 10.3. The summed E-state index contributed by atoms with van der Waals surface area (Å²) in [7, 11) is 0. The maximum Gasteiger partial charge on any atom is 0.303 e. The standard InChI is InChI=1S/C11H18O2/c1-9(7-8-11(12)13)10-5-3-2-4-6-10/h10H,1-8H2,(H,12,13). The normalized spacial score (nSPS) is 18.5. The SMILES string of the molecule is C=C(CCC(=O)O)C1CCCCC1. The summed E-state index contributed by atoms with van der Waals surface area (Å²) >= 11 is 0. The highest BCUT2D eigenvalue weighted by Crippen LogP contribution is 2.30. The van der Waals surface area contributed by atoms with E-state index in [1.54, 1.807) is 0 Å². The van der Waals surface area contributed by atoms with Crippen LogP contribution in [0.25, 0.3) is 0 Å². The van der Waals surface area contributed by atoms with Gasteiger partial charge in [-0.05, 0) is 25.2 Å². The van der Waals surface area contributed by atoms with Gasteiger partial charge in [0.05, 0.1) is 0 Å². The van der Waals surface area contributed by atoms with Crippen LogP contribution in [0.4, 0.5) is 0 Å². The Morgan fingerprint density at radius 1 is 1.23 bits per heavy atom. The quantitative estimate of drug-likeness (QED) is 0.678. The van der Waals surface area contributed by atoms with Gasteiger partial charge in [0.2, 0.25) is 0 Å². The lowest BCUT2D eigenvalue weighted by molar-refractivity contribution is -0.136. The molecule has 0 spiro atoms. The molecule has 1 rings (SSSR count). The second-order valence-corrected chi connectivity index (χ2v) is 3.89. The molecule has 2 heteroatoms. The van der Waals surface area contributed by atoms with Crippen molar-refractivity contribution in [1.82, 2.24) is 0 Å². The van der Waals surface area contributed by atoms with Gasteiger partial charge in [-0.1, -0.05) is 31.4 Å². The zero-order valence-corrected chi connectivity index (χ0v) is 8.09. The molecule has 1 fully saturated rings. The molecule has 0 amide bonds. The molecule has 1 N–H and O–H groups in total. The predicted molar refractivity (Wildman–Crippen MR) is 52.6 cm³/mol. The van der Waals surface area contributed by atoms with Crippen molar-refractivity contribution in [3.63, 3.8) is 0 Å². The third kappa shape index (κ3) is 3.62.